The van der Waals surface area contributed by atoms with Gasteiger partial charge in [0.1, 0.15) is 5.78 Å². The number of fused-ring (bicyclic) bond motifs is 2. The van der Waals surface area contributed by atoms with Gasteiger partial charge in [0, 0.05) is 12.8 Å². The fourth-order valence-electron chi connectivity index (χ4n) is 4.54. The Morgan fingerprint density at radius 3 is 2.38 bits per heavy atom. The summed E-state index contributed by atoms with van der Waals surface area (Å²) < 4.78 is 0. The first-order chi connectivity index (χ1) is 7.81. The van der Waals surface area contributed by atoms with E-state index in [4.69, 9.17) is 0 Å². The second kappa shape index (κ2) is 4.50. The van der Waals surface area contributed by atoms with Crippen LogP contribution in [0.4, 0.5) is 0 Å². The van der Waals surface area contributed by atoms with Crippen molar-refractivity contribution in [2.24, 2.45) is 23.7 Å². The summed E-state index contributed by atoms with van der Waals surface area (Å²) in [6, 6.07) is 0. The van der Waals surface area contributed by atoms with Crippen LogP contribution in [0.2, 0.25) is 0 Å². The number of carbonyl (C=O) groups is 1. The van der Waals surface area contributed by atoms with Gasteiger partial charge in [-0.1, -0.05) is 32.1 Å². The zero-order chi connectivity index (χ0) is 11.0. The molecule has 1 nitrogen and oxygen atoms in total. The molecule has 2 bridgehead atoms. The largest absolute Gasteiger partial charge is 0.300 e. The molecule has 3 rings (SSSR count). The summed E-state index contributed by atoms with van der Waals surface area (Å²) in [5, 5.41) is 0. The Morgan fingerprint density at radius 1 is 0.938 bits per heavy atom. The van der Waals surface area contributed by atoms with Crippen LogP contribution in [0.3, 0.4) is 0 Å². The van der Waals surface area contributed by atoms with E-state index in [1.807, 2.05) is 0 Å². The third kappa shape index (κ3) is 2.19. The predicted octanol–water partition coefficient (Wildman–Crippen LogP) is 3.96. The van der Waals surface area contributed by atoms with E-state index in [1.165, 1.54) is 51.4 Å². The van der Waals surface area contributed by atoms with Crippen LogP contribution < -0.4 is 0 Å². The number of hydrogen-bond acceptors (Lipinski definition) is 1. The molecule has 0 heterocycles. The topological polar surface area (TPSA) is 17.1 Å². The highest BCUT2D eigenvalue weighted by Gasteiger charge is 2.40. The van der Waals surface area contributed by atoms with Crippen molar-refractivity contribution in [1.29, 1.82) is 0 Å². The molecule has 16 heavy (non-hydrogen) atoms. The molecule has 0 aromatic rings. The summed E-state index contributed by atoms with van der Waals surface area (Å²) in [7, 11) is 0. The van der Waals surface area contributed by atoms with E-state index < -0.39 is 0 Å². The Hall–Kier alpha value is -0.330. The highest BCUT2D eigenvalue weighted by Crippen LogP contribution is 2.49. The van der Waals surface area contributed by atoms with Gasteiger partial charge in [-0.3, -0.25) is 4.79 Å². The van der Waals surface area contributed by atoms with Crippen LogP contribution in [0.1, 0.15) is 64.2 Å². The number of Topliss-reactive ketones (excluding diaryl/α,β-unsaturated/α-hetero) is 1. The second-order valence-electron chi connectivity index (χ2n) is 6.53. The zero-order valence-electron chi connectivity index (χ0n) is 10.3. The SMILES string of the molecule is O=C(CC1CCCC1)CC1CC2CCC1C2. The van der Waals surface area contributed by atoms with E-state index in [0.717, 1.165) is 36.5 Å². The van der Waals surface area contributed by atoms with Crippen LogP contribution in [-0.2, 0) is 4.79 Å². The molecule has 0 spiro atoms. The number of hydrogen-bond donors (Lipinski definition) is 0. The quantitative estimate of drug-likeness (QED) is 0.701. The van der Waals surface area contributed by atoms with Gasteiger partial charge in [-0.05, 0) is 42.9 Å². The van der Waals surface area contributed by atoms with E-state index in [0.29, 0.717) is 5.78 Å². The molecule has 1 heteroatoms. The third-order valence-electron chi connectivity index (χ3n) is 5.37. The van der Waals surface area contributed by atoms with Crippen molar-refractivity contribution in [3.8, 4) is 0 Å². The lowest BCUT2D eigenvalue weighted by Gasteiger charge is -2.21. The Bertz CT molecular complexity index is 265. The molecule has 3 fully saturated rings. The minimum atomic E-state index is 0.587. The minimum Gasteiger partial charge on any atom is -0.300 e. The molecule has 0 N–H and O–H groups in total. The first-order valence-corrected chi connectivity index (χ1v) is 7.33. The molecule has 3 atom stereocenters. The monoisotopic (exact) mass is 220 g/mol. The van der Waals surface area contributed by atoms with Gasteiger partial charge >= 0.3 is 0 Å². The highest BCUT2D eigenvalue weighted by molar-refractivity contribution is 5.79. The van der Waals surface area contributed by atoms with Gasteiger partial charge < -0.3 is 0 Å². The van der Waals surface area contributed by atoms with E-state index in [9.17, 15) is 4.79 Å². The Labute approximate surface area is 99.0 Å². The van der Waals surface area contributed by atoms with Crippen LogP contribution in [0.5, 0.6) is 0 Å². The van der Waals surface area contributed by atoms with Gasteiger partial charge in [0.15, 0.2) is 0 Å². The summed E-state index contributed by atoms with van der Waals surface area (Å²) in [5.41, 5.74) is 0. The molecule has 3 saturated carbocycles. The van der Waals surface area contributed by atoms with Gasteiger partial charge in [-0.2, -0.15) is 0 Å². The summed E-state index contributed by atoms with van der Waals surface area (Å²) >= 11 is 0. The predicted molar refractivity (Wildman–Crippen MR) is 65.1 cm³/mol. The van der Waals surface area contributed by atoms with Gasteiger partial charge in [0.05, 0.1) is 0 Å². The smallest absolute Gasteiger partial charge is 0.133 e. The second-order valence-corrected chi connectivity index (χ2v) is 6.53. The number of ketones is 1. The maximum absolute atomic E-state index is 12.0. The molecule has 0 aliphatic heterocycles. The minimum absolute atomic E-state index is 0.587. The average Bonchev–Trinajstić information content (AvgIpc) is 2.92. The van der Waals surface area contributed by atoms with Crippen LogP contribution >= 0.6 is 0 Å². The lowest BCUT2D eigenvalue weighted by Crippen LogP contribution is -2.16. The zero-order valence-corrected chi connectivity index (χ0v) is 10.3. The van der Waals surface area contributed by atoms with Gasteiger partial charge in [-0.25, -0.2) is 0 Å². The Morgan fingerprint density at radius 2 is 1.75 bits per heavy atom. The normalized spacial score (nSPS) is 38.4. The van der Waals surface area contributed by atoms with Crippen molar-refractivity contribution in [2.45, 2.75) is 64.2 Å². The Kier molecular flexibility index (Phi) is 3.04. The Balaban J connectivity index is 1.45. The standard InChI is InChI=1S/C15H24O/c16-15(9-11-3-1-2-4-11)10-14-8-12-5-6-13(14)7-12/h11-14H,1-10H2. The van der Waals surface area contributed by atoms with Crippen molar-refractivity contribution in [3.05, 3.63) is 0 Å². The molecule has 0 amide bonds. The number of rotatable bonds is 4. The van der Waals surface area contributed by atoms with Crippen LogP contribution in [0, 0.1) is 23.7 Å². The fraction of sp³-hybridized carbons (Fsp3) is 0.933. The van der Waals surface area contributed by atoms with E-state index >= 15 is 0 Å². The van der Waals surface area contributed by atoms with Gasteiger partial charge in [0.25, 0.3) is 0 Å². The average molecular weight is 220 g/mol. The molecule has 0 aromatic heterocycles. The summed E-state index contributed by atoms with van der Waals surface area (Å²) in [5.74, 6) is 4.05. The first kappa shape index (κ1) is 10.8. The van der Waals surface area contributed by atoms with Gasteiger partial charge in [-0.15, -0.1) is 0 Å². The molecular weight excluding hydrogens is 196 g/mol. The lowest BCUT2D eigenvalue weighted by molar-refractivity contribution is -0.121. The van der Waals surface area contributed by atoms with Crippen LogP contribution in [0.15, 0.2) is 0 Å². The van der Waals surface area contributed by atoms with E-state index in [1.54, 1.807) is 0 Å². The molecule has 0 aromatic carbocycles. The lowest BCUT2D eigenvalue weighted by atomic mass is 9.83. The van der Waals surface area contributed by atoms with Crippen molar-refractivity contribution in [2.75, 3.05) is 0 Å². The molecule has 0 radical (unpaired) electrons. The molecular formula is C15H24O. The maximum Gasteiger partial charge on any atom is 0.133 e. The number of carbonyl (C=O) groups excluding carboxylic acids is 1. The van der Waals surface area contributed by atoms with Crippen molar-refractivity contribution < 1.29 is 4.79 Å². The fourth-order valence-corrected chi connectivity index (χ4v) is 4.54. The van der Waals surface area contributed by atoms with Crippen molar-refractivity contribution in [3.63, 3.8) is 0 Å². The van der Waals surface area contributed by atoms with E-state index in [2.05, 4.69) is 0 Å². The van der Waals surface area contributed by atoms with E-state index in [-0.39, 0.29) is 0 Å². The summed E-state index contributed by atoms with van der Waals surface area (Å²) in [6.07, 6.45) is 12.9. The summed E-state index contributed by atoms with van der Waals surface area (Å²) in [6.45, 7) is 0. The van der Waals surface area contributed by atoms with Crippen molar-refractivity contribution >= 4 is 5.78 Å². The maximum atomic E-state index is 12.0. The molecule has 3 unspecified atom stereocenters. The third-order valence-corrected chi connectivity index (χ3v) is 5.37. The van der Waals surface area contributed by atoms with Gasteiger partial charge in [0.2, 0.25) is 0 Å². The molecule has 90 valence electrons. The first-order valence-electron chi connectivity index (χ1n) is 7.33. The molecule has 0 saturated heterocycles. The highest BCUT2D eigenvalue weighted by atomic mass is 16.1. The molecule has 3 aliphatic rings. The summed E-state index contributed by atoms with van der Waals surface area (Å²) in [4.78, 5) is 12.0. The molecule has 3 aliphatic carbocycles. The van der Waals surface area contributed by atoms with Crippen LogP contribution in [-0.4, -0.2) is 5.78 Å². The van der Waals surface area contributed by atoms with Crippen LogP contribution in [0.25, 0.3) is 0 Å². The van der Waals surface area contributed by atoms with Crippen molar-refractivity contribution in [1.82, 2.24) is 0 Å².